The third kappa shape index (κ3) is 11.9. The smallest absolute Gasteiger partial charge is 0.408 e. The number of esters is 1. The van der Waals surface area contributed by atoms with E-state index in [1.54, 1.807) is 0 Å². The molecular formula is C20H34N2O5. The van der Waals surface area contributed by atoms with Crippen molar-refractivity contribution in [1.29, 1.82) is 0 Å². The molecule has 0 aromatic heterocycles. The van der Waals surface area contributed by atoms with Crippen LogP contribution >= 0.6 is 0 Å². The Morgan fingerprint density at radius 1 is 0.963 bits per heavy atom. The summed E-state index contributed by atoms with van der Waals surface area (Å²) >= 11 is 0. The van der Waals surface area contributed by atoms with Crippen molar-refractivity contribution in [3.8, 4) is 12.3 Å². The molecular weight excluding hydrogens is 348 g/mol. The van der Waals surface area contributed by atoms with Crippen LogP contribution in [0.4, 0.5) is 4.79 Å². The summed E-state index contributed by atoms with van der Waals surface area (Å²) < 4.78 is 10.0. The van der Waals surface area contributed by atoms with Crippen LogP contribution < -0.4 is 10.6 Å². The maximum Gasteiger partial charge on any atom is 0.408 e. The molecule has 0 heterocycles. The standard InChI is InChI=1S/C20H34N2O5/c1-7-9-11-26-19(24)17(13-15(5)6)21-18(23)16(12-14(3)4)22-20(25)27-10-8-2/h2,14-17H,7,9-13H2,1,3-6H3,(H,21,23)(H,22,25). The molecule has 154 valence electrons. The Bertz CT molecular complexity index is 511. The number of nitrogens with one attached hydrogen (secondary N) is 2. The molecule has 0 bridgehead atoms. The number of amides is 2. The van der Waals surface area contributed by atoms with Crippen molar-refractivity contribution in [3.05, 3.63) is 0 Å². The van der Waals surface area contributed by atoms with Crippen LogP contribution in [0.1, 0.15) is 60.3 Å². The molecule has 2 unspecified atom stereocenters. The van der Waals surface area contributed by atoms with E-state index in [4.69, 9.17) is 15.9 Å². The average molecular weight is 383 g/mol. The Morgan fingerprint density at radius 3 is 2.07 bits per heavy atom. The summed E-state index contributed by atoms with van der Waals surface area (Å²) in [5, 5.41) is 5.23. The van der Waals surface area contributed by atoms with Gasteiger partial charge in [-0.3, -0.25) is 4.79 Å². The van der Waals surface area contributed by atoms with Gasteiger partial charge in [-0.1, -0.05) is 47.0 Å². The molecule has 0 spiro atoms. The zero-order valence-electron chi connectivity index (χ0n) is 17.2. The van der Waals surface area contributed by atoms with Crippen LogP contribution in [-0.2, 0) is 19.1 Å². The van der Waals surface area contributed by atoms with Crippen LogP contribution in [0.15, 0.2) is 0 Å². The molecule has 7 heteroatoms. The van der Waals surface area contributed by atoms with Gasteiger partial charge < -0.3 is 20.1 Å². The van der Waals surface area contributed by atoms with Gasteiger partial charge in [-0.15, -0.1) is 6.42 Å². The van der Waals surface area contributed by atoms with Crippen molar-refractivity contribution >= 4 is 18.0 Å². The van der Waals surface area contributed by atoms with Crippen molar-refractivity contribution in [2.24, 2.45) is 11.8 Å². The molecule has 0 fully saturated rings. The van der Waals surface area contributed by atoms with Crippen molar-refractivity contribution in [2.45, 2.75) is 72.4 Å². The number of carbonyl (C=O) groups excluding carboxylic acids is 3. The molecule has 0 aliphatic rings. The third-order valence-corrected chi connectivity index (χ3v) is 3.65. The first-order chi connectivity index (χ1) is 12.7. The van der Waals surface area contributed by atoms with Gasteiger partial charge in [0.05, 0.1) is 6.61 Å². The van der Waals surface area contributed by atoms with Gasteiger partial charge in [0.15, 0.2) is 6.61 Å². The second-order valence-electron chi connectivity index (χ2n) is 7.32. The summed E-state index contributed by atoms with van der Waals surface area (Å²) in [5.41, 5.74) is 0. The third-order valence-electron chi connectivity index (χ3n) is 3.65. The highest BCUT2D eigenvalue weighted by atomic mass is 16.5. The highest BCUT2D eigenvalue weighted by molar-refractivity contribution is 5.89. The van der Waals surface area contributed by atoms with Crippen molar-refractivity contribution in [1.82, 2.24) is 10.6 Å². The molecule has 0 aliphatic carbocycles. The zero-order valence-corrected chi connectivity index (χ0v) is 17.2. The van der Waals surface area contributed by atoms with Crippen molar-refractivity contribution in [2.75, 3.05) is 13.2 Å². The van der Waals surface area contributed by atoms with E-state index < -0.39 is 30.1 Å². The SMILES string of the molecule is C#CCOC(=O)NC(CC(C)C)C(=O)NC(CC(C)C)C(=O)OCCCC. The van der Waals surface area contributed by atoms with E-state index in [-0.39, 0.29) is 18.4 Å². The van der Waals surface area contributed by atoms with E-state index >= 15 is 0 Å². The maximum absolute atomic E-state index is 12.7. The van der Waals surface area contributed by atoms with Crippen LogP contribution in [0, 0.1) is 24.2 Å². The first kappa shape index (κ1) is 24.8. The van der Waals surface area contributed by atoms with Gasteiger partial charge in [-0.2, -0.15) is 0 Å². The first-order valence-corrected chi connectivity index (χ1v) is 9.54. The number of terminal acetylenes is 1. The maximum atomic E-state index is 12.7. The molecule has 27 heavy (non-hydrogen) atoms. The number of hydrogen-bond acceptors (Lipinski definition) is 5. The number of carbonyl (C=O) groups is 3. The largest absolute Gasteiger partial charge is 0.464 e. The van der Waals surface area contributed by atoms with Gasteiger partial charge in [0, 0.05) is 0 Å². The lowest BCUT2D eigenvalue weighted by atomic mass is 10.0. The van der Waals surface area contributed by atoms with Crippen LogP contribution in [0.2, 0.25) is 0 Å². The van der Waals surface area contributed by atoms with E-state index in [2.05, 4.69) is 16.6 Å². The number of ether oxygens (including phenoxy) is 2. The number of alkyl carbamates (subject to hydrolysis) is 1. The Hall–Kier alpha value is -2.23. The molecule has 0 aromatic rings. The fraction of sp³-hybridized carbons (Fsp3) is 0.750. The summed E-state index contributed by atoms with van der Waals surface area (Å²) in [4.78, 5) is 36.8. The molecule has 2 N–H and O–H groups in total. The highest BCUT2D eigenvalue weighted by Crippen LogP contribution is 2.10. The monoisotopic (exact) mass is 382 g/mol. The van der Waals surface area contributed by atoms with E-state index in [0.29, 0.717) is 19.4 Å². The summed E-state index contributed by atoms with van der Waals surface area (Å²) in [7, 11) is 0. The molecule has 0 aromatic carbocycles. The predicted octanol–water partition coefficient (Wildman–Crippen LogP) is 2.63. The Labute approximate surface area is 162 Å². The van der Waals surface area contributed by atoms with Gasteiger partial charge in [0.25, 0.3) is 0 Å². The fourth-order valence-electron chi connectivity index (χ4n) is 2.37. The lowest BCUT2D eigenvalue weighted by Gasteiger charge is -2.24. The summed E-state index contributed by atoms with van der Waals surface area (Å²) in [6.07, 6.45) is 6.83. The Kier molecular flexibility index (Phi) is 12.8. The second-order valence-corrected chi connectivity index (χ2v) is 7.32. The Morgan fingerprint density at radius 2 is 1.56 bits per heavy atom. The zero-order chi connectivity index (χ0) is 20.8. The van der Waals surface area contributed by atoms with Gasteiger partial charge >= 0.3 is 12.1 Å². The second kappa shape index (κ2) is 13.9. The van der Waals surface area contributed by atoms with Crippen molar-refractivity contribution in [3.63, 3.8) is 0 Å². The highest BCUT2D eigenvalue weighted by Gasteiger charge is 2.29. The normalized spacial score (nSPS) is 12.8. The van der Waals surface area contributed by atoms with Gasteiger partial charge in [0.1, 0.15) is 12.1 Å². The summed E-state index contributed by atoms with van der Waals surface area (Å²) in [6, 6.07) is -1.58. The molecule has 0 rings (SSSR count). The summed E-state index contributed by atoms with van der Waals surface area (Å²) in [5.74, 6) is 1.62. The van der Waals surface area contributed by atoms with Crippen LogP contribution in [0.5, 0.6) is 0 Å². The van der Waals surface area contributed by atoms with E-state index in [1.165, 1.54) is 0 Å². The van der Waals surface area contributed by atoms with Gasteiger partial charge in [-0.05, 0) is 31.1 Å². The van der Waals surface area contributed by atoms with Crippen LogP contribution in [0.25, 0.3) is 0 Å². The van der Waals surface area contributed by atoms with Crippen LogP contribution in [-0.4, -0.2) is 43.3 Å². The molecule has 0 aliphatic heterocycles. The molecule has 7 nitrogen and oxygen atoms in total. The number of rotatable bonds is 12. The number of hydrogen-bond donors (Lipinski definition) is 2. The minimum Gasteiger partial charge on any atom is -0.464 e. The topological polar surface area (TPSA) is 93.7 Å². The quantitative estimate of drug-likeness (QED) is 0.307. The lowest BCUT2D eigenvalue weighted by molar-refractivity contribution is -0.148. The number of unbranched alkanes of at least 4 members (excludes halogenated alkanes) is 1. The van der Waals surface area contributed by atoms with Crippen LogP contribution in [0.3, 0.4) is 0 Å². The molecule has 0 saturated carbocycles. The van der Waals surface area contributed by atoms with E-state index in [9.17, 15) is 14.4 Å². The predicted molar refractivity (Wildman–Crippen MR) is 104 cm³/mol. The van der Waals surface area contributed by atoms with Gasteiger partial charge in [0.2, 0.25) is 5.91 Å². The van der Waals surface area contributed by atoms with Crippen molar-refractivity contribution < 1.29 is 23.9 Å². The molecule has 0 radical (unpaired) electrons. The lowest BCUT2D eigenvalue weighted by Crippen LogP contribution is -2.52. The minimum atomic E-state index is -0.826. The molecule has 0 saturated heterocycles. The first-order valence-electron chi connectivity index (χ1n) is 9.54. The van der Waals surface area contributed by atoms with E-state index in [1.807, 2.05) is 34.6 Å². The van der Waals surface area contributed by atoms with E-state index in [0.717, 1.165) is 12.8 Å². The molecule has 2 atom stereocenters. The molecule has 2 amide bonds. The average Bonchev–Trinajstić information content (AvgIpc) is 2.58. The fourth-order valence-corrected chi connectivity index (χ4v) is 2.37. The minimum absolute atomic E-state index is 0.147. The van der Waals surface area contributed by atoms with Gasteiger partial charge in [-0.25, -0.2) is 9.59 Å². The Balaban J connectivity index is 5.02. The summed E-state index contributed by atoms with van der Waals surface area (Å²) in [6.45, 7) is 9.92.